The largest absolute Gasteiger partial charge is 0.504 e. The maximum absolute atomic E-state index is 11.7. The van der Waals surface area contributed by atoms with Gasteiger partial charge in [-0.25, -0.2) is 5.43 Å². The second kappa shape index (κ2) is 9.77. The molecular formula is C18H20N4O4. The van der Waals surface area contributed by atoms with Crippen molar-refractivity contribution in [3.63, 3.8) is 0 Å². The van der Waals surface area contributed by atoms with Gasteiger partial charge in [0.25, 0.3) is 0 Å². The van der Waals surface area contributed by atoms with Crippen molar-refractivity contribution in [2.24, 2.45) is 5.10 Å². The monoisotopic (exact) mass is 356 g/mol. The van der Waals surface area contributed by atoms with Gasteiger partial charge < -0.3 is 15.2 Å². The summed E-state index contributed by atoms with van der Waals surface area (Å²) in [6.07, 6.45) is 4.34. The number of hydrogen-bond acceptors (Lipinski definition) is 6. The number of ether oxygens (including phenoxy) is 1. The predicted octanol–water partition coefficient (Wildman–Crippen LogP) is 1.34. The van der Waals surface area contributed by atoms with Crippen molar-refractivity contribution in [2.75, 3.05) is 6.61 Å². The molecule has 0 aliphatic carbocycles. The van der Waals surface area contributed by atoms with Crippen LogP contribution in [0.3, 0.4) is 0 Å². The van der Waals surface area contributed by atoms with Gasteiger partial charge in [-0.2, -0.15) is 5.10 Å². The van der Waals surface area contributed by atoms with Crippen LogP contribution in [0.5, 0.6) is 11.5 Å². The van der Waals surface area contributed by atoms with E-state index in [0.29, 0.717) is 24.5 Å². The second-order valence-corrected chi connectivity index (χ2v) is 5.27. The van der Waals surface area contributed by atoms with Crippen molar-refractivity contribution in [3.8, 4) is 11.5 Å². The number of phenols is 1. The van der Waals surface area contributed by atoms with Crippen LogP contribution in [-0.2, 0) is 16.1 Å². The molecule has 0 spiro atoms. The summed E-state index contributed by atoms with van der Waals surface area (Å²) in [5.74, 6) is -0.588. The number of hydrazone groups is 1. The third-order valence-electron chi connectivity index (χ3n) is 3.22. The minimum absolute atomic E-state index is 0.0262. The molecule has 0 saturated heterocycles. The van der Waals surface area contributed by atoms with Crippen LogP contribution < -0.4 is 15.5 Å². The zero-order valence-corrected chi connectivity index (χ0v) is 14.3. The number of aromatic nitrogens is 1. The quantitative estimate of drug-likeness (QED) is 0.375. The maximum atomic E-state index is 11.7. The Morgan fingerprint density at radius 1 is 1.31 bits per heavy atom. The minimum atomic E-state index is -0.534. The summed E-state index contributed by atoms with van der Waals surface area (Å²) in [5.41, 5.74) is 3.76. The van der Waals surface area contributed by atoms with Crippen LogP contribution in [0.4, 0.5) is 0 Å². The fourth-order valence-corrected chi connectivity index (χ4v) is 2.01. The molecule has 0 fully saturated rings. The molecule has 0 atom stereocenters. The highest BCUT2D eigenvalue weighted by molar-refractivity contribution is 5.97. The number of rotatable bonds is 8. The Morgan fingerprint density at radius 2 is 2.15 bits per heavy atom. The van der Waals surface area contributed by atoms with E-state index in [1.807, 2.05) is 6.07 Å². The number of pyridine rings is 1. The number of amides is 2. The van der Waals surface area contributed by atoms with E-state index in [1.54, 1.807) is 37.5 Å². The van der Waals surface area contributed by atoms with Crippen molar-refractivity contribution in [2.45, 2.75) is 19.9 Å². The lowest BCUT2D eigenvalue weighted by Crippen LogP contribution is -2.29. The van der Waals surface area contributed by atoms with Gasteiger partial charge in [-0.3, -0.25) is 14.6 Å². The minimum Gasteiger partial charge on any atom is -0.504 e. The molecule has 2 aromatic rings. The van der Waals surface area contributed by atoms with Crippen LogP contribution in [0, 0.1) is 0 Å². The number of carbonyl (C=O) groups is 2. The number of aromatic hydroxyl groups is 1. The van der Waals surface area contributed by atoms with Crippen LogP contribution in [-0.4, -0.2) is 34.7 Å². The summed E-state index contributed by atoms with van der Waals surface area (Å²) in [6.45, 7) is 2.52. The molecule has 1 aromatic carbocycles. The van der Waals surface area contributed by atoms with Crippen LogP contribution in [0.25, 0.3) is 0 Å². The van der Waals surface area contributed by atoms with Gasteiger partial charge in [-0.05, 0) is 42.3 Å². The van der Waals surface area contributed by atoms with Crippen molar-refractivity contribution in [3.05, 3.63) is 53.9 Å². The van der Waals surface area contributed by atoms with Gasteiger partial charge in [0.05, 0.1) is 12.8 Å². The topological polar surface area (TPSA) is 113 Å². The maximum Gasteiger partial charge on any atom is 0.249 e. The molecule has 1 aromatic heterocycles. The van der Waals surface area contributed by atoms with Crippen molar-refractivity contribution in [1.82, 2.24) is 15.7 Å². The van der Waals surface area contributed by atoms with Gasteiger partial charge in [0, 0.05) is 18.9 Å². The summed E-state index contributed by atoms with van der Waals surface area (Å²) in [5, 5.41) is 16.0. The van der Waals surface area contributed by atoms with Crippen LogP contribution in [0.15, 0.2) is 47.8 Å². The van der Waals surface area contributed by atoms with Gasteiger partial charge in [0.2, 0.25) is 11.8 Å². The van der Waals surface area contributed by atoms with Crippen LogP contribution >= 0.6 is 0 Å². The predicted molar refractivity (Wildman–Crippen MR) is 95.7 cm³/mol. The smallest absolute Gasteiger partial charge is 0.249 e. The number of nitrogens with zero attached hydrogens (tertiary/aromatic N) is 2. The summed E-state index contributed by atoms with van der Waals surface area (Å²) < 4.78 is 5.26. The average Bonchev–Trinajstić information content (AvgIpc) is 2.64. The molecule has 136 valence electrons. The van der Waals surface area contributed by atoms with E-state index < -0.39 is 11.8 Å². The molecule has 26 heavy (non-hydrogen) atoms. The highest BCUT2D eigenvalue weighted by Crippen LogP contribution is 2.26. The molecule has 8 nitrogen and oxygen atoms in total. The molecule has 8 heteroatoms. The lowest BCUT2D eigenvalue weighted by atomic mass is 10.2. The summed E-state index contributed by atoms with van der Waals surface area (Å²) in [6, 6.07) is 8.28. The van der Waals surface area contributed by atoms with E-state index in [-0.39, 0.29) is 12.2 Å². The van der Waals surface area contributed by atoms with E-state index >= 15 is 0 Å². The van der Waals surface area contributed by atoms with Gasteiger partial charge in [0.15, 0.2) is 11.5 Å². The van der Waals surface area contributed by atoms with E-state index in [1.165, 1.54) is 12.3 Å². The lowest BCUT2D eigenvalue weighted by Gasteiger charge is -2.06. The van der Waals surface area contributed by atoms with Crippen molar-refractivity contribution >= 4 is 18.0 Å². The average molecular weight is 356 g/mol. The number of phenolic OH excluding ortho intramolecular Hbond substituents is 1. The summed E-state index contributed by atoms with van der Waals surface area (Å²) in [7, 11) is 0. The molecule has 2 rings (SSSR count). The Labute approximate surface area is 150 Å². The first-order valence-electron chi connectivity index (χ1n) is 8.01. The molecule has 3 N–H and O–H groups in total. The summed E-state index contributed by atoms with van der Waals surface area (Å²) in [4.78, 5) is 27.4. The van der Waals surface area contributed by atoms with Gasteiger partial charge in [-0.1, -0.05) is 6.07 Å². The molecule has 1 heterocycles. The third kappa shape index (κ3) is 6.23. The normalized spacial score (nSPS) is 10.5. The molecule has 0 bridgehead atoms. The second-order valence-electron chi connectivity index (χ2n) is 5.27. The standard InChI is InChI=1S/C18H20N4O4/c1-2-26-16-8-13(5-6-15(16)23)12-21-22-18(25)9-17(24)20-11-14-4-3-7-19-10-14/h3-8,10,12,23H,2,9,11H2,1H3,(H,20,24)(H,22,25). The zero-order chi connectivity index (χ0) is 18.8. The zero-order valence-electron chi connectivity index (χ0n) is 14.3. The Kier molecular flexibility index (Phi) is 7.11. The van der Waals surface area contributed by atoms with Crippen molar-refractivity contribution < 1.29 is 19.4 Å². The Morgan fingerprint density at radius 3 is 2.88 bits per heavy atom. The third-order valence-corrected chi connectivity index (χ3v) is 3.22. The number of nitrogens with one attached hydrogen (secondary N) is 2. The van der Waals surface area contributed by atoms with Crippen LogP contribution in [0.2, 0.25) is 0 Å². The van der Waals surface area contributed by atoms with E-state index in [2.05, 4.69) is 20.8 Å². The van der Waals surface area contributed by atoms with Gasteiger partial charge >= 0.3 is 0 Å². The fraction of sp³-hybridized carbons (Fsp3) is 0.222. The molecular weight excluding hydrogens is 336 g/mol. The van der Waals surface area contributed by atoms with E-state index in [0.717, 1.165) is 5.56 Å². The van der Waals surface area contributed by atoms with Gasteiger partial charge in [0.1, 0.15) is 6.42 Å². The summed E-state index contributed by atoms with van der Waals surface area (Å²) >= 11 is 0. The molecule has 0 unspecified atom stereocenters. The number of benzene rings is 1. The fourth-order valence-electron chi connectivity index (χ4n) is 2.01. The Balaban J connectivity index is 1.78. The number of carbonyl (C=O) groups excluding carboxylic acids is 2. The lowest BCUT2D eigenvalue weighted by molar-refractivity contribution is -0.129. The molecule has 0 aliphatic heterocycles. The highest BCUT2D eigenvalue weighted by atomic mass is 16.5. The first-order valence-corrected chi connectivity index (χ1v) is 8.01. The first kappa shape index (κ1) is 18.9. The van der Waals surface area contributed by atoms with E-state index in [4.69, 9.17) is 4.74 Å². The SMILES string of the molecule is CCOc1cc(C=NNC(=O)CC(=O)NCc2cccnc2)ccc1O. The Hall–Kier alpha value is -3.42. The van der Waals surface area contributed by atoms with Gasteiger partial charge in [-0.15, -0.1) is 0 Å². The highest BCUT2D eigenvalue weighted by Gasteiger charge is 2.08. The molecule has 0 aliphatic rings. The number of hydrogen-bond donors (Lipinski definition) is 3. The van der Waals surface area contributed by atoms with Crippen molar-refractivity contribution in [1.29, 1.82) is 0 Å². The molecule has 2 amide bonds. The van der Waals surface area contributed by atoms with Crippen LogP contribution in [0.1, 0.15) is 24.5 Å². The van der Waals surface area contributed by atoms with E-state index in [9.17, 15) is 14.7 Å². The molecule has 0 saturated carbocycles. The first-order chi connectivity index (χ1) is 12.6. The Bertz CT molecular complexity index is 778. The molecule has 0 radical (unpaired) electrons.